The standard InChI is InChI=1S/C23H29N5O3/c1-2-25-13-15-27(16-14-25)20-8-4-3-7-19(20)24-23(29)18-9-10-21(22(17-18)28(30)31)26-11-5-6-12-26/h3-4,7-10,17H,2,5-6,11-16H2,1H3,(H,24,29). The molecule has 0 aliphatic carbocycles. The number of nitrogens with zero attached hydrogens (tertiary/aromatic N) is 4. The Labute approximate surface area is 182 Å². The second-order valence-corrected chi connectivity index (χ2v) is 8.05. The predicted molar refractivity (Wildman–Crippen MR) is 123 cm³/mol. The van der Waals surface area contributed by atoms with Crippen molar-refractivity contribution in [2.45, 2.75) is 19.8 Å². The molecule has 1 amide bonds. The highest BCUT2D eigenvalue weighted by molar-refractivity contribution is 6.06. The summed E-state index contributed by atoms with van der Waals surface area (Å²) in [7, 11) is 0. The first-order valence-corrected chi connectivity index (χ1v) is 11.0. The van der Waals surface area contributed by atoms with Crippen LogP contribution in [0.4, 0.5) is 22.7 Å². The number of rotatable bonds is 6. The Bertz CT molecular complexity index is 950. The number of anilines is 3. The van der Waals surface area contributed by atoms with Gasteiger partial charge in [0, 0.05) is 50.9 Å². The van der Waals surface area contributed by atoms with E-state index in [1.165, 1.54) is 6.07 Å². The molecule has 8 nitrogen and oxygen atoms in total. The van der Waals surface area contributed by atoms with E-state index in [-0.39, 0.29) is 11.6 Å². The number of nitrogens with one attached hydrogen (secondary N) is 1. The fraction of sp³-hybridized carbons (Fsp3) is 0.435. The molecule has 0 atom stereocenters. The van der Waals surface area contributed by atoms with Gasteiger partial charge in [-0.05, 0) is 43.7 Å². The Hall–Kier alpha value is -3.13. The first-order chi connectivity index (χ1) is 15.1. The van der Waals surface area contributed by atoms with Gasteiger partial charge >= 0.3 is 0 Å². The Morgan fingerprint density at radius 3 is 2.32 bits per heavy atom. The summed E-state index contributed by atoms with van der Waals surface area (Å²) in [5.41, 5.74) is 2.57. The van der Waals surface area contributed by atoms with Crippen LogP contribution in [0.1, 0.15) is 30.1 Å². The number of likely N-dealkylation sites (N-methyl/N-ethyl adjacent to an activating group) is 1. The van der Waals surface area contributed by atoms with Crippen LogP contribution in [0.2, 0.25) is 0 Å². The highest BCUT2D eigenvalue weighted by Crippen LogP contribution is 2.32. The minimum Gasteiger partial charge on any atom is -0.367 e. The second kappa shape index (κ2) is 9.34. The third kappa shape index (κ3) is 4.64. The first-order valence-electron chi connectivity index (χ1n) is 11.0. The summed E-state index contributed by atoms with van der Waals surface area (Å²) in [5.74, 6) is -0.337. The molecule has 0 saturated carbocycles. The average Bonchev–Trinajstić information content (AvgIpc) is 3.34. The van der Waals surface area contributed by atoms with Gasteiger partial charge in [-0.2, -0.15) is 0 Å². The van der Waals surface area contributed by atoms with Gasteiger partial charge in [-0.1, -0.05) is 19.1 Å². The minimum absolute atomic E-state index is 0.0153. The molecule has 0 bridgehead atoms. The molecule has 0 aromatic heterocycles. The van der Waals surface area contributed by atoms with Gasteiger partial charge in [-0.3, -0.25) is 14.9 Å². The number of para-hydroxylation sites is 2. The number of piperazine rings is 1. The van der Waals surface area contributed by atoms with Crippen molar-refractivity contribution in [3.63, 3.8) is 0 Å². The van der Waals surface area contributed by atoms with E-state index >= 15 is 0 Å². The van der Waals surface area contributed by atoms with Gasteiger partial charge in [0.25, 0.3) is 11.6 Å². The van der Waals surface area contributed by atoms with E-state index < -0.39 is 4.92 Å². The van der Waals surface area contributed by atoms with E-state index in [1.807, 2.05) is 29.2 Å². The molecular weight excluding hydrogens is 394 g/mol. The zero-order valence-corrected chi connectivity index (χ0v) is 17.9. The molecule has 0 unspecified atom stereocenters. The van der Waals surface area contributed by atoms with E-state index in [2.05, 4.69) is 22.0 Å². The van der Waals surface area contributed by atoms with Crippen LogP contribution in [0.3, 0.4) is 0 Å². The molecule has 2 heterocycles. The van der Waals surface area contributed by atoms with Crippen LogP contribution < -0.4 is 15.1 Å². The number of carbonyl (C=O) groups is 1. The maximum absolute atomic E-state index is 13.0. The molecule has 8 heteroatoms. The zero-order chi connectivity index (χ0) is 21.8. The number of amides is 1. The summed E-state index contributed by atoms with van der Waals surface area (Å²) in [6.07, 6.45) is 2.06. The summed E-state index contributed by atoms with van der Waals surface area (Å²) in [4.78, 5) is 30.9. The summed E-state index contributed by atoms with van der Waals surface area (Å²) >= 11 is 0. The molecular formula is C23H29N5O3. The summed E-state index contributed by atoms with van der Waals surface area (Å²) in [6.45, 7) is 8.60. The number of hydrogen-bond acceptors (Lipinski definition) is 6. The van der Waals surface area contributed by atoms with E-state index in [0.29, 0.717) is 11.3 Å². The predicted octanol–water partition coefficient (Wildman–Crippen LogP) is 3.59. The van der Waals surface area contributed by atoms with Crippen molar-refractivity contribution in [1.82, 2.24) is 4.90 Å². The van der Waals surface area contributed by atoms with Crippen LogP contribution in [0, 0.1) is 10.1 Å². The van der Waals surface area contributed by atoms with Crippen LogP contribution in [0.15, 0.2) is 42.5 Å². The lowest BCUT2D eigenvalue weighted by atomic mass is 10.1. The first kappa shape index (κ1) is 21.1. The van der Waals surface area contributed by atoms with Crippen molar-refractivity contribution in [3.05, 3.63) is 58.1 Å². The van der Waals surface area contributed by atoms with Crippen molar-refractivity contribution >= 4 is 28.7 Å². The van der Waals surface area contributed by atoms with Crippen molar-refractivity contribution < 1.29 is 9.72 Å². The smallest absolute Gasteiger partial charge is 0.293 e. The van der Waals surface area contributed by atoms with Gasteiger partial charge in [-0.15, -0.1) is 0 Å². The maximum atomic E-state index is 13.0. The van der Waals surface area contributed by atoms with Crippen LogP contribution in [-0.2, 0) is 0 Å². The third-order valence-electron chi connectivity index (χ3n) is 6.19. The monoisotopic (exact) mass is 423 g/mol. The van der Waals surface area contributed by atoms with E-state index in [4.69, 9.17) is 0 Å². The van der Waals surface area contributed by atoms with Gasteiger partial charge in [0.05, 0.1) is 16.3 Å². The van der Waals surface area contributed by atoms with E-state index in [0.717, 1.165) is 70.0 Å². The molecule has 2 aromatic rings. The average molecular weight is 424 g/mol. The number of hydrogen-bond donors (Lipinski definition) is 1. The van der Waals surface area contributed by atoms with Gasteiger partial charge in [0.1, 0.15) is 5.69 Å². The number of benzene rings is 2. The Morgan fingerprint density at radius 1 is 0.968 bits per heavy atom. The number of nitro groups is 1. The van der Waals surface area contributed by atoms with Crippen LogP contribution in [-0.4, -0.2) is 61.5 Å². The highest BCUT2D eigenvalue weighted by atomic mass is 16.6. The number of nitro benzene ring substituents is 1. The topological polar surface area (TPSA) is 82.0 Å². The SMILES string of the molecule is CCN1CCN(c2ccccc2NC(=O)c2ccc(N3CCCC3)c([N+](=O)[O-])c2)CC1. The van der Waals surface area contributed by atoms with Gasteiger partial charge in [-0.25, -0.2) is 0 Å². The quantitative estimate of drug-likeness (QED) is 0.565. The molecule has 2 aliphatic heterocycles. The molecule has 0 spiro atoms. The normalized spacial score (nSPS) is 17.1. The van der Waals surface area contributed by atoms with Gasteiger partial charge in [0.2, 0.25) is 0 Å². The largest absolute Gasteiger partial charge is 0.367 e. The molecule has 0 radical (unpaired) electrons. The Balaban J connectivity index is 1.54. The van der Waals surface area contributed by atoms with Crippen molar-refractivity contribution in [2.24, 2.45) is 0 Å². The summed E-state index contributed by atoms with van der Waals surface area (Å²) in [5, 5.41) is 14.6. The molecule has 164 valence electrons. The maximum Gasteiger partial charge on any atom is 0.293 e. The Morgan fingerprint density at radius 2 is 1.65 bits per heavy atom. The van der Waals surface area contributed by atoms with Crippen molar-refractivity contribution in [3.8, 4) is 0 Å². The van der Waals surface area contributed by atoms with E-state index in [9.17, 15) is 14.9 Å². The molecule has 4 rings (SSSR count). The van der Waals surface area contributed by atoms with Crippen molar-refractivity contribution in [2.75, 3.05) is 60.9 Å². The minimum atomic E-state index is -0.397. The van der Waals surface area contributed by atoms with Crippen LogP contribution >= 0.6 is 0 Å². The van der Waals surface area contributed by atoms with Gasteiger partial charge in [0.15, 0.2) is 0 Å². The molecule has 2 fully saturated rings. The van der Waals surface area contributed by atoms with Crippen molar-refractivity contribution in [1.29, 1.82) is 0 Å². The lowest BCUT2D eigenvalue weighted by Crippen LogP contribution is -2.46. The molecule has 2 saturated heterocycles. The lowest BCUT2D eigenvalue weighted by Gasteiger charge is -2.36. The zero-order valence-electron chi connectivity index (χ0n) is 17.9. The molecule has 31 heavy (non-hydrogen) atoms. The highest BCUT2D eigenvalue weighted by Gasteiger charge is 2.24. The Kier molecular flexibility index (Phi) is 6.36. The van der Waals surface area contributed by atoms with Gasteiger partial charge < -0.3 is 20.0 Å². The van der Waals surface area contributed by atoms with Crippen LogP contribution in [0.5, 0.6) is 0 Å². The fourth-order valence-electron chi connectivity index (χ4n) is 4.39. The summed E-state index contributed by atoms with van der Waals surface area (Å²) < 4.78 is 0. The fourth-order valence-corrected chi connectivity index (χ4v) is 4.39. The van der Waals surface area contributed by atoms with Crippen LogP contribution in [0.25, 0.3) is 0 Å². The molecule has 2 aromatic carbocycles. The molecule has 1 N–H and O–H groups in total. The second-order valence-electron chi connectivity index (χ2n) is 8.05. The third-order valence-corrected chi connectivity index (χ3v) is 6.19. The summed E-state index contributed by atoms with van der Waals surface area (Å²) in [6, 6.07) is 12.5. The molecule has 2 aliphatic rings. The van der Waals surface area contributed by atoms with E-state index in [1.54, 1.807) is 12.1 Å². The number of carbonyl (C=O) groups excluding carboxylic acids is 1. The lowest BCUT2D eigenvalue weighted by molar-refractivity contribution is -0.384.